The number of carboxylic acid groups (broad SMARTS) is 1. The molecular weight excluding hydrogens is 1460 g/mol. The van der Waals surface area contributed by atoms with E-state index in [0.29, 0.717) is 88.0 Å². The van der Waals surface area contributed by atoms with Crippen LogP contribution in [0, 0.1) is 29.1 Å². The van der Waals surface area contributed by atoms with Crippen LogP contribution in [-0.4, -0.2) is 235 Å². The lowest BCUT2D eigenvalue weighted by Gasteiger charge is -2.35. The fourth-order valence-electron chi connectivity index (χ4n) is 15.6. The fraction of sp³-hybridized carbons (Fsp3) is 0.750. The van der Waals surface area contributed by atoms with Crippen LogP contribution in [0.4, 0.5) is 0 Å². The quantitative estimate of drug-likeness (QED) is 0.103. The Labute approximate surface area is 653 Å². The Kier molecular flexibility index (Phi) is 35.8. The van der Waals surface area contributed by atoms with Crippen molar-refractivity contribution in [3.8, 4) is 0 Å². The molecule has 3 unspecified atom stereocenters. The number of rotatable bonds is 16. The number of aliphatic hydroxyl groups is 4. The molecule has 16 atom stereocenters. The van der Waals surface area contributed by atoms with Crippen molar-refractivity contribution in [1.29, 1.82) is 0 Å². The van der Waals surface area contributed by atoms with Crippen LogP contribution in [0.25, 0.3) is 0 Å². The van der Waals surface area contributed by atoms with Gasteiger partial charge in [-0.2, -0.15) is 23.5 Å². The summed E-state index contributed by atoms with van der Waals surface area (Å²) in [5, 5.41) is 87.3. The highest BCUT2D eigenvalue weighted by atomic mass is 32.2. The van der Waals surface area contributed by atoms with Crippen LogP contribution >= 0.6 is 23.5 Å². The van der Waals surface area contributed by atoms with Crippen LogP contribution in [0.15, 0.2) is 24.3 Å². The SMILES string of the molecule is CCC[C@@H]1NC(=O)[C@H](CC2CNC3NCCCC23)NC(=O)[C@H]([C@@H](C)O)NC(=O)[C@@H]2CCCN2C(=O)[C@H](CC2CCC(O)CC2)NC(=O)[C@H](C(C)(C)C)NC(=O)CCSCc2cccc(c2)CSC[C@@H](C(N)=O)NC(=O)[C@H]([C@@H](C)O)NC(=O)[C@H](CCC)NC(=O)[C@H](CC2CCC(O)CC2)NC(=O)[C@H](CCC(=O)O)NC1=O. The summed E-state index contributed by atoms with van der Waals surface area (Å²) < 4.78 is 0. The van der Waals surface area contributed by atoms with Crippen molar-refractivity contribution in [3.05, 3.63) is 35.4 Å². The Balaban J connectivity index is 1.21. The molecule has 2 saturated carbocycles. The second kappa shape index (κ2) is 43.7. The molecule has 2 aliphatic carbocycles. The number of hydrogen-bond acceptors (Lipinski definition) is 21. The molecule has 7 rings (SSSR count). The molecule has 5 fully saturated rings. The van der Waals surface area contributed by atoms with E-state index in [-0.39, 0.29) is 93.5 Å². The van der Waals surface area contributed by atoms with Gasteiger partial charge in [-0.05, 0) is 183 Å². The molecule has 4 aliphatic heterocycles. The molecule has 1 aromatic rings. The molecular formula is C76H122N14O18S2. The van der Waals surface area contributed by atoms with Crippen LogP contribution in [0.5, 0.6) is 0 Å². The minimum absolute atomic E-state index is 0.00150. The minimum atomic E-state index is -1.72. The van der Waals surface area contributed by atoms with Crippen molar-refractivity contribution >= 4 is 100 Å². The first-order valence-corrected chi connectivity index (χ1v) is 41.8. The Bertz CT molecular complexity index is 3320. The van der Waals surface area contributed by atoms with E-state index in [2.05, 4.69) is 63.8 Å². The number of amides is 12. The average molecular weight is 1580 g/mol. The number of hydrogen-bond donors (Lipinski definition) is 18. The van der Waals surface area contributed by atoms with Crippen molar-refractivity contribution in [3.63, 3.8) is 0 Å². The first-order chi connectivity index (χ1) is 52.2. The van der Waals surface area contributed by atoms with Gasteiger partial charge in [0.1, 0.15) is 66.5 Å². The lowest BCUT2D eigenvalue weighted by atomic mass is 9.82. The molecule has 34 heteroatoms. The van der Waals surface area contributed by atoms with Crippen molar-refractivity contribution in [2.75, 3.05) is 31.1 Å². The molecule has 616 valence electrons. The highest BCUT2D eigenvalue weighted by molar-refractivity contribution is 7.98. The van der Waals surface area contributed by atoms with Gasteiger partial charge in [0, 0.05) is 42.4 Å². The van der Waals surface area contributed by atoms with Crippen molar-refractivity contribution < 1.29 is 87.9 Å². The minimum Gasteiger partial charge on any atom is -0.481 e. The Morgan fingerprint density at radius 3 is 1.60 bits per heavy atom. The standard InChI is InChI=1S/C76H122N14O18S2/c1-8-13-51-66(99)82-53(27-28-60(96)97)67(100)83-54(34-43-19-23-48(93)24-20-43)69(102)81-52(14-9-2)68(101)88-61(41(3)91)73(106)86-57(64(77)98)40-110-39-46-16-10-15-45(33-46)38-109-32-29-59(95)87-63(76(5,6)7)74(107)85-56(35-44-21-25-49(94)26-22-44)75(108)90-31-12-18-58(90)71(104)89-62(42(4)92)72(105)84-55(70(103)80-51)36-47-37-79-65-50(47)17-11-30-78-65/h10,15-16,33,41-44,47-58,61-63,65,78-79,91-94H,8-9,11-14,17-32,34-40H2,1-7H3,(H2,77,98)(H,80,103)(H,81,102)(H,82,99)(H,83,100)(H,84,105)(H,85,107)(H,86,106)(H,87,95)(H,88,101)(H,89,104)(H,96,97)/t41-,42-,43?,44?,47?,48?,49?,50?,51+,52+,53+,54+,55+,56+,57+,58+,61+,62+,63-,65?/m1/s1. The largest absolute Gasteiger partial charge is 0.481 e. The van der Waals surface area contributed by atoms with Crippen LogP contribution in [0.3, 0.4) is 0 Å². The number of aliphatic carboxylic acids is 1. The second-order valence-electron chi connectivity index (χ2n) is 32.0. The van der Waals surface area contributed by atoms with Gasteiger partial charge < -0.3 is 100.0 Å². The maximum Gasteiger partial charge on any atom is 0.303 e. The van der Waals surface area contributed by atoms with E-state index in [0.717, 1.165) is 30.5 Å². The first-order valence-electron chi connectivity index (χ1n) is 39.5. The highest BCUT2D eigenvalue weighted by Crippen LogP contribution is 2.34. The molecule has 19 N–H and O–H groups in total. The van der Waals surface area contributed by atoms with Gasteiger partial charge in [-0.3, -0.25) is 62.3 Å². The highest BCUT2D eigenvalue weighted by Gasteiger charge is 2.46. The number of fused-ring (bicyclic) bond motifs is 4. The lowest BCUT2D eigenvalue weighted by Crippen LogP contribution is -2.62. The molecule has 0 radical (unpaired) electrons. The number of nitrogens with two attached hydrogens (primary N) is 1. The third kappa shape index (κ3) is 27.6. The molecule has 32 nitrogen and oxygen atoms in total. The Hall–Kier alpha value is -7.21. The molecule has 2 bridgehead atoms. The van der Waals surface area contributed by atoms with E-state index in [4.69, 9.17) is 5.73 Å². The number of primary amides is 1. The van der Waals surface area contributed by atoms with Crippen molar-refractivity contribution in [2.24, 2.45) is 34.8 Å². The third-order valence-electron chi connectivity index (χ3n) is 21.9. The van der Waals surface area contributed by atoms with Crippen LogP contribution in [0.2, 0.25) is 0 Å². The summed E-state index contributed by atoms with van der Waals surface area (Å²) in [5.41, 5.74) is 6.71. The van der Waals surface area contributed by atoms with E-state index in [1.54, 1.807) is 34.6 Å². The normalized spacial score (nSPS) is 32.2. The molecule has 0 spiro atoms. The number of thioether (sulfide) groups is 2. The van der Waals surface area contributed by atoms with Gasteiger partial charge in [0.25, 0.3) is 0 Å². The monoisotopic (exact) mass is 1580 g/mol. The smallest absolute Gasteiger partial charge is 0.303 e. The summed E-state index contributed by atoms with van der Waals surface area (Å²) in [7, 11) is 0. The Morgan fingerprint density at radius 2 is 1.05 bits per heavy atom. The number of nitrogens with one attached hydrogen (secondary N) is 12. The van der Waals surface area contributed by atoms with E-state index in [1.165, 1.54) is 42.3 Å². The molecule has 0 aromatic heterocycles. The van der Waals surface area contributed by atoms with Crippen LogP contribution in [-0.2, 0) is 73.8 Å². The number of carbonyl (C=O) groups is 13. The summed E-state index contributed by atoms with van der Waals surface area (Å²) in [5.74, 6) is -10.6. The zero-order valence-corrected chi connectivity index (χ0v) is 66.4. The molecule has 3 saturated heterocycles. The fourth-order valence-corrected chi connectivity index (χ4v) is 17.6. The number of carbonyl (C=O) groups excluding carboxylic acids is 12. The third-order valence-corrected chi connectivity index (χ3v) is 24.1. The second-order valence-corrected chi connectivity index (χ2v) is 34.1. The molecule has 6 aliphatic rings. The average Bonchev–Trinajstić information content (AvgIpc) is 1.59. The topological polar surface area (TPSA) is 497 Å². The summed E-state index contributed by atoms with van der Waals surface area (Å²) in [6.45, 7) is 12.5. The van der Waals surface area contributed by atoms with Crippen molar-refractivity contribution in [2.45, 2.75) is 298 Å². The van der Waals surface area contributed by atoms with E-state index in [1.807, 2.05) is 24.3 Å². The predicted octanol–water partition coefficient (Wildman–Crippen LogP) is -0.0287. The van der Waals surface area contributed by atoms with Gasteiger partial charge >= 0.3 is 5.97 Å². The number of benzene rings is 1. The maximum absolute atomic E-state index is 15.2. The number of piperidine rings is 1. The zero-order chi connectivity index (χ0) is 80.5. The van der Waals surface area contributed by atoms with Crippen LogP contribution < -0.4 is 69.5 Å². The van der Waals surface area contributed by atoms with Gasteiger partial charge in [0.05, 0.1) is 30.6 Å². The van der Waals surface area contributed by atoms with Gasteiger partial charge in [-0.15, -0.1) is 0 Å². The predicted molar refractivity (Wildman–Crippen MR) is 412 cm³/mol. The molecule has 4 heterocycles. The van der Waals surface area contributed by atoms with E-state index < -0.39 is 186 Å². The number of nitrogens with zero attached hydrogens (tertiary/aromatic N) is 1. The zero-order valence-electron chi connectivity index (χ0n) is 64.7. The first kappa shape index (κ1) is 90.0. The summed E-state index contributed by atoms with van der Waals surface area (Å²) in [6.07, 6.45) is 0.809. The van der Waals surface area contributed by atoms with Gasteiger partial charge in [-0.1, -0.05) is 71.7 Å². The summed E-state index contributed by atoms with van der Waals surface area (Å²) in [6, 6.07) is -7.99. The summed E-state index contributed by atoms with van der Waals surface area (Å²) in [4.78, 5) is 188. The van der Waals surface area contributed by atoms with Gasteiger partial charge in [-0.25, -0.2) is 0 Å². The summed E-state index contributed by atoms with van der Waals surface area (Å²) >= 11 is 2.75. The molecule has 12 amide bonds. The van der Waals surface area contributed by atoms with Gasteiger partial charge in [0.15, 0.2) is 0 Å². The maximum atomic E-state index is 15.2. The lowest BCUT2D eigenvalue weighted by molar-refractivity contribution is -0.144. The molecule has 110 heavy (non-hydrogen) atoms. The Morgan fingerprint density at radius 1 is 0.564 bits per heavy atom. The van der Waals surface area contributed by atoms with E-state index in [9.17, 15) is 78.3 Å². The van der Waals surface area contributed by atoms with E-state index >= 15 is 9.59 Å². The molecule has 1 aromatic carbocycles. The van der Waals surface area contributed by atoms with Gasteiger partial charge in [0.2, 0.25) is 70.9 Å². The van der Waals surface area contributed by atoms with Crippen LogP contribution in [0.1, 0.15) is 201 Å². The number of carboxylic acids is 1. The number of aliphatic hydroxyl groups excluding tert-OH is 4. The van der Waals surface area contributed by atoms with Crippen molar-refractivity contribution in [1.82, 2.24) is 68.7 Å².